The predicted octanol–water partition coefficient (Wildman–Crippen LogP) is 5.45. The molecule has 1 aliphatic heterocycles. The normalized spacial score (nSPS) is 17.9. The molecule has 27 heavy (non-hydrogen) atoms. The first-order valence-corrected chi connectivity index (χ1v) is 9.84. The summed E-state index contributed by atoms with van der Waals surface area (Å²) in [5, 5.41) is 1.41. The third-order valence-electron chi connectivity index (χ3n) is 4.97. The van der Waals surface area contributed by atoms with E-state index >= 15 is 0 Å². The predicted molar refractivity (Wildman–Crippen MR) is 113 cm³/mol. The first kappa shape index (κ1) is 18.3. The summed E-state index contributed by atoms with van der Waals surface area (Å²) in [5.41, 5.74) is 2.58. The molecule has 2 aromatic carbocycles. The van der Waals surface area contributed by atoms with Crippen LogP contribution in [0.4, 0.5) is 5.82 Å². The number of hydrogen-bond acceptors (Lipinski definition) is 3. The van der Waals surface area contributed by atoms with Crippen molar-refractivity contribution >= 4 is 29.0 Å². The first-order chi connectivity index (χ1) is 13.2. The molecule has 0 bridgehead atoms. The highest BCUT2D eigenvalue weighted by Crippen LogP contribution is 2.31. The molecule has 0 saturated carbocycles. The summed E-state index contributed by atoms with van der Waals surface area (Å²) in [4.78, 5) is 9.42. The average Bonchev–Trinajstić information content (AvgIpc) is 2.70. The Hall–Kier alpha value is -2.07. The highest BCUT2D eigenvalue weighted by Gasteiger charge is 2.29. The van der Waals surface area contributed by atoms with Gasteiger partial charge in [0.1, 0.15) is 5.82 Å². The van der Waals surface area contributed by atoms with E-state index in [1.807, 2.05) is 24.3 Å². The molecule has 3 aromatic rings. The van der Waals surface area contributed by atoms with Gasteiger partial charge in [0.25, 0.3) is 0 Å². The van der Waals surface area contributed by atoms with Crippen molar-refractivity contribution in [1.82, 2.24) is 9.88 Å². The lowest BCUT2D eigenvalue weighted by Crippen LogP contribution is -2.48. The zero-order valence-electron chi connectivity index (χ0n) is 14.9. The fourth-order valence-electron chi connectivity index (χ4n) is 3.61. The maximum Gasteiger partial charge on any atom is 0.129 e. The van der Waals surface area contributed by atoms with Crippen LogP contribution in [0.3, 0.4) is 0 Å². The van der Waals surface area contributed by atoms with Gasteiger partial charge in [-0.3, -0.25) is 4.90 Å². The molecule has 3 nitrogen and oxygen atoms in total. The van der Waals surface area contributed by atoms with Crippen molar-refractivity contribution in [2.45, 2.75) is 12.6 Å². The minimum Gasteiger partial charge on any atom is -0.347 e. The molecular weight excluding hydrogens is 377 g/mol. The van der Waals surface area contributed by atoms with Crippen LogP contribution in [0.15, 0.2) is 72.9 Å². The smallest absolute Gasteiger partial charge is 0.129 e. The topological polar surface area (TPSA) is 19.4 Å². The largest absolute Gasteiger partial charge is 0.347 e. The summed E-state index contributed by atoms with van der Waals surface area (Å²) in [5.74, 6) is 0.957. The van der Waals surface area contributed by atoms with Crippen LogP contribution in [0, 0.1) is 0 Å². The highest BCUT2D eigenvalue weighted by molar-refractivity contribution is 6.30. The number of halogens is 2. The molecule has 0 radical (unpaired) electrons. The van der Waals surface area contributed by atoms with E-state index in [0.717, 1.165) is 37.0 Å². The van der Waals surface area contributed by atoms with Crippen LogP contribution in [0.5, 0.6) is 0 Å². The Balaban J connectivity index is 1.60. The van der Waals surface area contributed by atoms with Gasteiger partial charge in [-0.05, 0) is 35.4 Å². The van der Waals surface area contributed by atoms with E-state index < -0.39 is 0 Å². The molecule has 5 heteroatoms. The maximum absolute atomic E-state index is 6.11. The van der Waals surface area contributed by atoms with Crippen LogP contribution in [0.25, 0.3) is 0 Å². The van der Waals surface area contributed by atoms with Gasteiger partial charge in [-0.1, -0.05) is 65.7 Å². The first-order valence-electron chi connectivity index (χ1n) is 9.09. The molecule has 0 aliphatic carbocycles. The van der Waals surface area contributed by atoms with Gasteiger partial charge in [0.2, 0.25) is 0 Å². The van der Waals surface area contributed by atoms with Crippen LogP contribution < -0.4 is 4.90 Å². The fraction of sp³-hybridized carbons (Fsp3) is 0.227. The van der Waals surface area contributed by atoms with Crippen molar-refractivity contribution in [3.8, 4) is 0 Å². The summed E-state index contributed by atoms with van der Waals surface area (Å²) < 4.78 is 0. The Morgan fingerprint density at radius 1 is 0.852 bits per heavy atom. The van der Waals surface area contributed by atoms with Crippen LogP contribution in [-0.2, 0) is 6.54 Å². The third kappa shape index (κ3) is 4.44. The van der Waals surface area contributed by atoms with E-state index in [1.54, 1.807) is 6.20 Å². The van der Waals surface area contributed by atoms with E-state index in [0.29, 0.717) is 5.02 Å². The lowest BCUT2D eigenvalue weighted by molar-refractivity contribution is 0.215. The Morgan fingerprint density at radius 3 is 2.30 bits per heavy atom. The Bertz CT molecular complexity index is 866. The Morgan fingerprint density at radius 2 is 1.59 bits per heavy atom. The average molecular weight is 398 g/mol. The molecule has 0 unspecified atom stereocenters. The van der Waals surface area contributed by atoms with E-state index in [2.05, 4.69) is 57.2 Å². The third-order valence-corrected chi connectivity index (χ3v) is 5.45. The van der Waals surface area contributed by atoms with Crippen LogP contribution in [-0.4, -0.2) is 29.5 Å². The quantitative estimate of drug-likeness (QED) is 0.583. The summed E-state index contributed by atoms with van der Waals surface area (Å²) in [6, 6.07) is 22.9. The van der Waals surface area contributed by atoms with Crippen molar-refractivity contribution in [2.24, 2.45) is 0 Å². The van der Waals surface area contributed by atoms with Gasteiger partial charge in [0.15, 0.2) is 0 Å². The van der Waals surface area contributed by atoms with Gasteiger partial charge in [0, 0.05) is 37.4 Å². The van der Waals surface area contributed by atoms with Crippen molar-refractivity contribution in [1.29, 1.82) is 0 Å². The molecule has 0 amide bonds. The molecule has 2 heterocycles. The van der Waals surface area contributed by atoms with E-state index in [4.69, 9.17) is 23.2 Å². The second kappa shape index (κ2) is 8.30. The standard InChI is InChI=1S/C22H21Cl2N3/c23-19-8-6-18(7-9-19)21-16-26(15-17-4-2-1-3-5-17)12-13-27(21)22-11-10-20(24)14-25-22/h1-11,14,21H,12-13,15-16H2/t21-/m0/s1. The monoisotopic (exact) mass is 397 g/mol. The van der Waals surface area contributed by atoms with Crippen LogP contribution in [0.2, 0.25) is 10.0 Å². The zero-order valence-corrected chi connectivity index (χ0v) is 16.4. The van der Waals surface area contributed by atoms with Crippen molar-refractivity contribution in [3.05, 3.63) is 94.1 Å². The molecule has 1 aliphatic rings. The number of anilines is 1. The lowest BCUT2D eigenvalue weighted by atomic mass is 10.0. The van der Waals surface area contributed by atoms with Gasteiger partial charge in [0.05, 0.1) is 11.1 Å². The van der Waals surface area contributed by atoms with Crippen LogP contribution >= 0.6 is 23.2 Å². The molecule has 1 fully saturated rings. The molecular formula is C22H21Cl2N3. The SMILES string of the molecule is Clc1ccc([C@@H]2CN(Cc3ccccc3)CCN2c2ccc(Cl)cn2)cc1. The number of benzene rings is 2. The Labute approximate surface area is 170 Å². The number of hydrogen-bond donors (Lipinski definition) is 0. The number of piperazine rings is 1. The molecule has 4 rings (SSSR count). The number of pyridine rings is 1. The van der Waals surface area contributed by atoms with Gasteiger partial charge < -0.3 is 4.90 Å². The highest BCUT2D eigenvalue weighted by atomic mass is 35.5. The lowest BCUT2D eigenvalue weighted by Gasteiger charge is -2.42. The molecule has 138 valence electrons. The molecule has 1 saturated heterocycles. The molecule has 1 atom stereocenters. The van der Waals surface area contributed by atoms with Gasteiger partial charge in [-0.2, -0.15) is 0 Å². The Kier molecular flexibility index (Phi) is 5.63. The molecule has 0 spiro atoms. The zero-order chi connectivity index (χ0) is 18.6. The number of nitrogens with zero attached hydrogens (tertiary/aromatic N) is 3. The van der Waals surface area contributed by atoms with Gasteiger partial charge in [-0.25, -0.2) is 4.98 Å². The van der Waals surface area contributed by atoms with Crippen molar-refractivity contribution < 1.29 is 0 Å². The van der Waals surface area contributed by atoms with E-state index in [1.165, 1.54) is 11.1 Å². The number of aromatic nitrogens is 1. The summed E-state index contributed by atoms with van der Waals surface area (Å²) in [6.45, 7) is 3.78. The van der Waals surface area contributed by atoms with Gasteiger partial charge in [-0.15, -0.1) is 0 Å². The second-order valence-corrected chi connectivity index (χ2v) is 7.69. The molecule has 1 aromatic heterocycles. The van der Waals surface area contributed by atoms with Crippen molar-refractivity contribution in [2.75, 3.05) is 24.5 Å². The fourth-order valence-corrected chi connectivity index (χ4v) is 3.84. The minimum atomic E-state index is 0.216. The summed E-state index contributed by atoms with van der Waals surface area (Å²) >= 11 is 12.1. The summed E-state index contributed by atoms with van der Waals surface area (Å²) in [7, 11) is 0. The minimum absolute atomic E-state index is 0.216. The van der Waals surface area contributed by atoms with Gasteiger partial charge >= 0.3 is 0 Å². The van der Waals surface area contributed by atoms with Crippen molar-refractivity contribution in [3.63, 3.8) is 0 Å². The second-order valence-electron chi connectivity index (χ2n) is 6.82. The van der Waals surface area contributed by atoms with Crippen LogP contribution in [0.1, 0.15) is 17.2 Å². The van der Waals surface area contributed by atoms with E-state index in [-0.39, 0.29) is 6.04 Å². The maximum atomic E-state index is 6.11. The summed E-state index contributed by atoms with van der Waals surface area (Å²) in [6.07, 6.45) is 1.71. The number of rotatable bonds is 4. The molecule has 0 N–H and O–H groups in total. The van der Waals surface area contributed by atoms with E-state index in [9.17, 15) is 0 Å².